The second-order valence-electron chi connectivity index (χ2n) is 4.45. The summed E-state index contributed by atoms with van der Waals surface area (Å²) in [6, 6.07) is 2.40. The second kappa shape index (κ2) is 6.51. The first-order chi connectivity index (χ1) is 8.79. The van der Waals surface area contributed by atoms with Gasteiger partial charge in [0.2, 0.25) is 0 Å². The fraction of sp³-hybridized carbons (Fsp3) is 0.667. The second-order valence-corrected chi connectivity index (χ2v) is 4.45. The Bertz CT molecular complexity index is 367. The van der Waals surface area contributed by atoms with E-state index in [1.807, 2.05) is 20.2 Å². The molecule has 1 aromatic rings. The lowest BCUT2D eigenvalue weighted by Gasteiger charge is -2.26. The zero-order valence-electron chi connectivity index (χ0n) is 11.0. The van der Waals surface area contributed by atoms with Crippen LogP contribution in [0, 0.1) is 0 Å². The molecule has 100 valence electrons. The average molecular weight is 251 g/mol. The molecule has 0 spiro atoms. The normalized spacial score (nSPS) is 19.6. The summed E-state index contributed by atoms with van der Waals surface area (Å²) in [5.74, 6) is 1.78. The molecule has 1 unspecified atom stereocenters. The Kier molecular flexibility index (Phi) is 4.72. The number of hydrogen-bond donors (Lipinski definition) is 2. The molecular weight excluding hydrogens is 230 g/mol. The Morgan fingerprint density at radius 1 is 1.56 bits per heavy atom. The molecule has 1 aromatic heterocycles. The Labute approximate surface area is 108 Å². The molecule has 6 nitrogen and oxygen atoms in total. The number of rotatable bonds is 5. The summed E-state index contributed by atoms with van der Waals surface area (Å²) in [6.45, 7) is 3.52. The van der Waals surface area contributed by atoms with Crippen LogP contribution in [0.3, 0.4) is 0 Å². The summed E-state index contributed by atoms with van der Waals surface area (Å²) < 4.78 is 5.44. The van der Waals surface area contributed by atoms with E-state index in [2.05, 4.69) is 25.5 Å². The minimum atomic E-state index is 0.451. The lowest BCUT2D eigenvalue weighted by molar-refractivity contribution is 0.0749. The minimum Gasteiger partial charge on any atom is -0.379 e. The molecule has 1 aliphatic rings. The van der Waals surface area contributed by atoms with E-state index >= 15 is 0 Å². The highest BCUT2D eigenvalue weighted by Crippen LogP contribution is 2.12. The monoisotopic (exact) mass is 251 g/mol. The van der Waals surface area contributed by atoms with Gasteiger partial charge in [-0.15, -0.1) is 0 Å². The van der Waals surface area contributed by atoms with Crippen molar-refractivity contribution in [3.05, 3.63) is 12.4 Å². The topological polar surface area (TPSA) is 62.3 Å². The molecule has 0 saturated carbocycles. The third kappa shape index (κ3) is 3.54. The van der Waals surface area contributed by atoms with E-state index in [0.29, 0.717) is 6.04 Å². The van der Waals surface area contributed by atoms with Crippen molar-refractivity contribution in [3.63, 3.8) is 0 Å². The summed E-state index contributed by atoms with van der Waals surface area (Å²) in [5, 5.41) is 6.47. The van der Waals surface area contributed by atoms with E-state index < -0.39 is 0 Å². The van der Waals surface area contributed by atoms with Crippen molar-refractivity contribution in [1.29, 1.82) is 0 Å². The lowest BCUT2D eigenvalue weighted by atomic mass is 10.2. The highest BCUT2D eigenvalue weighted by Gasteiger charge is 2.14. The van der Waals surface area contributed by atoms with Gasteiger partial charge in [-0.05, 0) is 6.42 Å². The standard InChI is InChI=1S/C12H21N5O/c1-13-11-7-12(16-9-15-11)17(2)5-3-10-8-18-6-4-14-10/h7,9-10,14H,3-6,8H2,1-2H3,(H,13,15,16). The van der Waals surface area contributed by atoms with Gasteiger partial charge in [0.25, 0.3) is 0 Å². The number of anilines is 2. The van der Waals surface area contributed by atoms with Crippen LogP contribution < -0.4 is 15.5 Å². The van der Waals surface area contributed by atoms with Crippen LogP contribution in [0.1, 0.15) is 6.42 Å². The van der Waals surface area contributed by atoms with E-state index in [4.69, 9.17) is 4.74 Å². The Hall–Kier alpha value is -1.40. The molecule has 1 saturated heterocycles. The van der Waals surface area contributed by atoms with Crippen LogP contribution in [0.4, 0.5) is 11.6 Å². The van der Waals surface area contributed by atoms with Crippen molar-refractivity contribution >= 4 is 11.6 Å². The number of aromatic nitrogens is 2. The molecule has 2 heterocycles. The van der Waals surface area contributed by atoms with E-state index in [9.17, 15) is 0 Å². The Balaban J connectivity index is 1.84. The first-order valence-corrected chi connectivity index (χ1v) is 6.31. The number of hydrogen-bond acceptors (Lipinski definition) is 6. The van der Waals surface area contributed by atoms with Crippen LogP contribution in [0.5, 0.6) is 0 Å². The van der Waals surface area contributed by atoms with Crippen LogP contribution in [0.15, 0.2) is 12.4 Å². The largest absolute Gasteiger partial charge is 0.379 e. The Morgan fingerprint density at radius 2 is 2.44 bits per heavy atom. The predicted molar refractivity (Wildman–Crippen MR) is 72.1 cm³/mol. The molecule has 0 aromatic carbocycles. The molecule has 1 atom stereocenters. The molecule has 0 aliphatic carbocycles. The summed E-state index contributed by atoms with van der Waals surface area (Å²) in [6.07, 6.45) is 2.63. The van der Waals surface area contributed by atoms with Crippen molar-refractivity contribution < 1.29 is 4.74 Å². The van der Waals surface area contributed by atoms with Gasteiger partial charge in [0.15, 0.2) is 0 Å². The number of nitrogens with one attached hydrogen (secondary N) is 2. The molecule has 0 radical (unpaired) electrons. The number of ether oxygens (including phenoxy) is 1. The zero-order chi connectivity index (χ0) is 12.8. The lowest BCUT2D eigenvalue weighted by Crippen LogP contribution is -2.43. The fourth-order valence-electron chi connectivity index (χ4n) is 1.96. The van der Waals surface area contributed by atoms with Crippen molar-refractivity contribution in [2.75, 3.05) is 50.6 Å². The van der Waals surface area contributed by atoms with Gasteiger partial charge in [0.1, 0.15) is 18.0 Å². The molecular formula is C12H21N5O. The molecule has 18 heavy (non-hydrogen) atoms. The summed E-state index contributed by atoms with van der Waals surface area (Å²) in [7, 11) is 3.90. The maximum atomic E-state index is 5.44. The summed E-state index contributed by atoms with van der Waals surface area (Å²) in [5.41, 5.74) is 0. The zero-order valence-corrected chi connectivity index (χ0v) is 11.0. The molecule has 1 aliphatic heterocycles. The third-order valence-electron chi connectivity index (χ3n) is 3.11. The molecule has 2 rings (SSSR count). The van der Waals surface area contributed by atoms with Gasteiger partial charge in [0, 0.05) is 39.3 Å². The van der Waals surface area contributed by atoms with Crippen molar-refractivity contribution in [2.24, 2.45) is 0 Å². The van der Waals surface area contributed by atoms with E-state index in [1.54, 1.807) is 6.33 Å². The summed E-state index contributed by atoms with van der Waals surface area (Å²) in [4.78, 5) is 10.5. The molecule has 0 amide bonds. The van der Waals surface area contributed by atoms with Gasteiger partial charge >= 0.3 is 0 Å². The van der Waals surface area contributed by atoms with Crippen molar-refractivity contribution in [1.82, 2.24) is 15.3 Å². The van der Waals surface area contributed by atoms with E-state index in [1.165, 1.54) is 0 Å². The van der Waals surface area contributed by atoms with Crippen molar-refractivity contribution in [2.45, 2.75) is 12.5 Å². The van der Waals surface area contributed by atoms with Crippen LogP contribution in [-0.4, -0.2) is 56.4 Å². The quantitative estimate of drug-likeness (QED) is 0.786. The molecule has 6 heteroatoms. The van der Waals surface area contributed by atoms with E-state index in [-0.39, 0.29) is 0 Å². The molecule has 1 fully saturated rings. The van der Waals surface area contributed by atoms with Gasteiger partial charge in [-0.25, -0.2) is 9.97 Å². The Morgan fingerprint density at radius 3 is 3.17 bits per heavy atom. The van der Waals surface area contributed by atoms with Crippen LogP contribution in [0.2, 0.25) is 0 Å². The van der Waals surface area contributed by atoms with Gasteiger partial charge < -0.3 is 20.3 Å². The van der Waals surface area contributed by atoms with Gasteiger partial charge in [0.05, 0.1) is 13.2 Å². The van der Waals surface area contributed by atoms with Gasteiger partial charge in [-0.2, -0.15) is 0 Å². The van der Waals surface area contributed by atoms with Crippen LogP contribution in [0.25, 0.3) is 0 Å². The third-order valence-corrected chi connectivity index (χ3v) is 3.11. The first kappa shape index (κ1) is 13.0. The van der Waals surface area contributed by atoms with Crippen LogP contribution >= 0.6 is 0 Å². The van der Waals surface area contributed by atoms with E-state index in [0.717, 1.165) is 44.4 Å². The number of morpholine rings is 1. The smallest absolute Gasteiger partial charge is 0.133 e. The number of nitrogens with zero attached hydrogens (tertiary/aromatic N) is 3. The van der Waals surface area contributed by atoms with Gasteiger partial charge in [-0.3, -0.25) is 0 Å². The average Bonchev–Trinajstić information content (AvgIpc) is 2.46. The highest BCUT2D eigenvalue weighted by molar-refractivity contribution is 5.47. The maximum absolute atomic E-state index is 5.44. The van der Waals surface area contributed by atoms with Crippen LogP contribution in [-0.2, 0) is 4.74 Å². The SMILES string of the molecule is CNc1cc(N(C)CCC2COCCN2)ncn1. The maximum Gasteiger partial charge on any atom is 0.133 e. The fourth-order valence-corrected chi connectivity index (χ4v) is 1.96. The summed E-state index contributed by atoms with van der Waals surface area (Å²) >= 11 is 0. The minimum absolute atomic E-state index is 0.451. The highest BCUT2D eigenvalue weighted by atomic mass is 16.5. The molecule has 2 N–H and O–H groups in total. The predicted octanol–water partition coefficient (Wildman–Crippen LogP) is 0.333. The first-order valence-electron chi connectivity index (χ1n) is 6.31. The molecule has 0 bridgehead atoms. The van der Waals surface area contributed by atoms with Gasteiger partial charge in [-0.1, -0.05) is 0 Å². The van der Waals surface area contributed by atoms with Crippen molar-refractivity contribution in [3.8, 4) is 0 Å².